The summed E-state index contributed by atoms with van der Waals surface area (Å²) < 4.78 is 53.6. The Morgan fingerprint density at radius 3 is 2.48 bits per heavy atom. The van der Waals surface area contributed by atoms with Crippen molar-refractivity contribution in [2.75, 3.05) is 13.7 Å². The van der Waals surface area contributed by atoms with E-state index in [0.717, 1.165) is 25.3 Å². The summed E-state index contributed by atoms with van der Waals surface area (Å²) in [6.45, 7) is 2.44. The molecule has 0 N–H and O–H groups in total. The molecule has 1 heterocycles. The number of benzene rings is 2. The molecule has 0 saturated carbocycles. The van der Waals surface area contributed by atoms with Gasteiger partial charge in [-0.15, -0.1) is 0 Å². The molecule has 0 bridgehead atoms. The minimum Gasteiger partial charge on any atom is -0.494 e. The minimum absolute atomic E-state index is 0.0333. The van der Waals surface area contributed by atoms with Gasteiger partial charge in [0.15, 0.2) is 23.2 Å². The topological polar surface area (TPSA) is 18.5 Å². The van der Waals surface area contributed by atoms with Crippen LogP contribution in [0.15, 0.2) is 30.3 Å². The maximum Gasteiger partial charge on any atom is 0.166 e. The Balaban J connectivity index is 1.89. The second kappa shape index (κ2) is 7.48. The first kappa shape index (κ1) is 17.8. The lowest BCUT2D eigenvalue weighted by molar-refractivity contribution is 0.00131. The van der Waals surface area contributed by atoms with Crippen LogP contribution >= 0.6 is 0 Å². The van der Waals surface area contributed by atoms with E-state index in [9.17, 15) is 13.2 Å². The predicted octanol–water partition coefficient (Wildman–Crippen LogP) is 5.45. The number of hydrogen-bond acceptors (Lipinski definition) is 2. The molecule has 25 heavy (non-hydrogen) atoms. The van der Waals surface area contributed by atoms with Crippen molar-refractivity contribution in [3.8, 4) is 16.9 Å². The fourth-order valence-electron chi connectivity index (χ4n) is 3.31. The zero-order valence-corrected chi connectivity index (χ0v) is 14.3. The smallest absolute Gasteiger partial charge is 0.166 e. The number of rotatable bonds is 4. The van der Waals surface area contributed by atoms with E-state index in [4.69, 9.17) is 9.47 Å². The second-order valence-electron chi connectivity index (χ2n) is 6.32. The summed E-state index contributed by atoms with van der Waals surface area (Å²) in [4.78, 5) is 0. The van der Waals surface area contributed by atoms with Crippen LogP contribution in [0.4, 0.5) is 13.2 Å². The van der Waals surface area contributed by atoms with Gasteiger partial charge >= 0.3 is 0 Å². The van der Waals surface area contributed by atoms with Gasteiger partial charge in [-0.05, 0) is 42.5 Å². The molecule has 0 aromatic heterocycles. The first-order valence-electron chi connectivity index (χ1n) is 8.48. The highest BCUT2D eigenvalue weighted by molar-refractivity contribution is 5.66. The standard InChI is InChI=1S/C20H21F3O2/c1-3-14-6-4-13(11-25-14)16-8-7-15(19(22)20(16)23)12-5-9-18(24-2)17(21)10-12/h5,7-10,13-14H,3-4,6,11H2,1-2H3. The third-order valence-corrected chi connectivity index (χ3v) is 4.84. The fraction of sp³-hybridized carbons (Fsp3) is 0.400. The molecule has 2 nitrogen and oxygen atoms in total. The van der Waals surface area contributed by atoms with Crippen LogP contribution in [0.25, 0.3) is 11.1 Å². The summed E-state index contributed by atoms with van der Waals surface area (Å²) in [5.41, 5.74) is 0.628. The molecule has 1 fully saturated rings. The lowest BCUT2D eigenvalue weighted by Gasteiger charge is -2.29. The predicted molar refractivity (Wildman–Crippen MR) is 90.3 cm³/mol. The van der Waals surface area contributed by atoms with Crippen molar-refractivity contribution in [3.63, 3.8) is 0 Å². The molecule has 2 aromatic carbocycles. The van der Waals surface area contributed by atoms with Gasteiger partial charge < -0.3 is 9.47 Å². The summed E-state index contributed by atoms with van der Waals surface area (Å²) in [6, 6.07) is 7.13. The highest BCUT2D eigenvalue weighted by Gasteiger charge is 2.26. The summed E-state index contributed by atoms with van der Waals surface area (Å²) in [5, 5.41) is 0. The number of hydrogen-bond donors (Lipinski definition) is 0. The van der Waals surface area contributed by atoms with Gasteiger partial charge in [-0.1, -0.05) is 25.1 Å². The monoisotopic (exact) mass is 350 g/mol. The average molecular weight is 350 g/mol. The van der Waals surface area contributed by atoms with E-state index in [1.165, 1.54) is 25.3 Å². The lowest BCUT2D eigenvalue weighted by Crippen LogP contribution is -2.24. The Hall–Kier alpha value is -2.01. The molecule has 0 aliphatic carbocycles. The Morgan fingerprint density at radius 1 is 1.08 bits per heavy atom. The van der Waals surface area contributed by atoms with Crippen LogP contribution in [0.1, 0.15) is 37.7 Å². The first-order chi connectivity index (χ1) is 12.0. The molecule has 0 spiro atoms. The highest BCUT2D eigenvalue weighted by atomic mass is 19.2. The third kappa shape index (κ3) is 3.52. The summed E-state index contributed by atoms with van der Waals surface area (Å²) >= 11 is 0. The van der Waals surface area contributed by atoms with Crippen molar-refractivity contribution in [2.24, 2.45) is 0 Å². The van der Waals surface area contributed by atoms with Crippen LogP contribution in [-0.2, 0) is 4.74 Å². The van der Waals surface area contributed by atoms with E-state index in [2.05, 4.69) is 0 Å². The molecule has 0 radical (unpaired) electrons. The van der Waals surface area contributed by atoms with Crippen LogP contribution in [0.2, 0.25) is 0 Å². The van der Waals surface area contributed by atoms with Crippen molar-refractivity contribution in [2.45, 2.75) is 38.2 Å². The van der Waals surface area contributed by atoms with Gasteiger partial charge in [-0.2, -0.15) is 0 Å². The van der Waals surface area contributed by atoms with Crippen LogP contribution in [0.3, 0.4) is 0 Å². The van der Waals surface area contributed by atoms with Crippen molar-refractivity contribution in [1.82, 2.24) is 0 Å². The normalized spacial score (nSPS) is 20.5. The summed E-state index contributed by atoms with van der Waals surface area (Å²) in [5.74, 6) is -2.54. The Labute approximate surface area is 145 Å². The third-order valence-electron chi connectivity index (χ3n) is 4.84. The number of methoxy groups -OCH3 is 1. The second-order valence-corrected chi connectivity index (χ2v) is 6.32. The van der Waals surface area contributed by atoms with Crippen LogP contribution in [0.5, 0.6) is 5.75 Å². The minimum atomic E-state index is -0.959. The van der Waals surface area contributed by atoms with Crippen LogP contribution < -0.4 is 4.74 Å². The van der Waals surface area contributed by atoms with Crippen LogP contribution in [0, 0.1) is 17.5 Å². The molecule has 1 aliphatic rings. The van der Waals surface area contributed by atoms with E-state index in [1.54, 1.807) is 6.07 Å². The molecule has 1 saturated heterocycles. The molecule has 1 aliphatic heterocycles. The van der Waals surface area contributed by atoms with Gasteiger partial charge in [0.2, 0.25) is 0 Å². The highest BCUT2D eigenvalue weighted by Crippen LogP contribution is 2.35. The van der Waals surface area contributed by atoms with Gasteiger partial charge in [0.25, 0.3) is 0 Å². The molecule has 2 atom stereocenters. The molecule has 2 aromatic rings. The van der Waals surface area contributed by atoms with Crippen molar-refractivity contribution >= 4 is 0 Å². The van der Waals surface area contributed by atoms with Gasteiger partial charge in [0.05, 0.1) is 19.8 Å². The maximum absolute atomic E-state index is 14.6. The van der Waals surface area contributed by atoms with Gasteiger partial charge in [0.1, 0.15) is 0 Å². The molecular formula is C20H21F3O2. The fourth-order valence-corrected chi connectivity index (χ4v) is 3.31. The summed E-state index contributed by atoms with van der Waals surface area (Å²) in [7, 11) is 1.35. The SMILES string of the molecule is CCC1CCC(c2ccc(-c3ccc(OC)c(F)c3)c(F)c2F)CO1. The van der Waals surface area contributed by atoms with Crippen molar-refractivity contribution in [3.05, 3.63) is 53.3 Å². The largest absolute Gasteiger partial charge is 0.494 e. The lowest BCUT2D eigenvalue weighted by atomic mass is 9.89. The van der Waals surface area contributed by atoms with Crippen molar-refractivity contribution in [1.29, 1.82) is 0 Å². The molecular weight excluding hydrogens is 329 g/mol. The maximum atomic E-state index is 14.6. The Morgan fingerprint density at radius 2 is 1.88 bits per heavy atom. The quantitative estimate of drug-likeness (QED) is 0.730. The van der Waals surface area contributed by atoms with E-state index in [-0.39, 0.29) is 28.9 Å². The number of halogens is 3. The molecule has 0 amide bonds. The zero-order valence-electron chi connectivity index (χ0n) is 14.3. The Kier molecular flexibility index (Phi) is 5.33. The molecule has 134 valence electrons. The van der Waals surface area contributed by atoms with Crippen LogP contribution in [-0.4, -0.2) is 19.8 Å². The molecule has 2 unspecified atom stereocenters. The zero-order chi connectivity index (χ0) is 18.0. The van der Waals surface area contributed by atoms with E-state index in [1.807, 2.05) is 6.92 Å². The van der Waals surface area contributed by atoms with E-state index in [0.29, 0.717) is 12.2 Å². The molecule has 5 heteroatoms. The molecule has 3 rings (SSSR count). The van der Waals surface area contributed by atoms with Gasteiger partial charge in [-0.25, -0.2) is 13.2 Å². The average Bonchev–Trinajstić information content (AvgIpc) is 2.64. The number of ether oxygens (including phenoxy) is 2. The van der Waals surface area contributed by atoms with E-state index < -0.39 is 17.5 Å². The van der Waals surface area contributed by atoms with Gasteiger partial charge in [0, 0.05) is 11.5 Å². The van der Waals surface area contributed by atoms with Crippen molar-refractivity contribution < 1.29 is 22.6 Å². The summed E-state index contributed by atoms with van der Waals surface area (Å²) in [6.07, 6.45) is 2.73. The first-order valence-corrected chi connectivity index (χ1v) is 8.48. The van der Waals surface area contributed by atoms with Gasteiger partial charge in [-0.3, -0.25) is 0 Å². The Bertz CT molecular complexity index is 753. The van der Waals surface area contributed by atoms with E-state index >= 15 is 0 Å².